The molecule has 0 heterocycles. The number of benzene rings is 1. The SMILES string of the molecule is COC(CNC(=O)Cc1cccc(C(F)(F)F)c1)C(=O)O. The van der Waals surface area contributed by atoms with Crippen molar-refractivity contribution in [3.63, 3.8) is 0 Å². The first-order valence-electron chi connectivity index (χ1n) is 5.92. The number of carboxylic acid groups (broad SMARTS) is 1. The van der Waals surface area contributed by atoms with Crippen molar-refractivity contribution >= 4 is 11.9 Å². The number of ether oxygens (including phenoxy) is 1. The first kappa shape index (κ1) is 17.0. The lowest BCUT2D eigenvalue weighted by Crippen LogP contribution is -2.38. The fraction of sp³-hybridized carbons (Fsp3) is 0.385. The van der Waals surface area contributed by atoms with Crippen LogP contribution < -0.4 is 5.32 Å². The van der Waals surface area contributed by atoms with E-state index in [0.29, 0.717) is 0 Å². The Morgan fingerprint density at radius 1 is 1.38 bits per heavy atom. The smallest absolute Gasteiger partial charge is 0.416 e. The Kier molecular flexibility index (Phi) is 5.71. The predicted octanol–water partition coefficient (Wildman–Crippen LogP) is 1.46. The van der Waals surface area contributed by atoms with Gasteiger partial charge in [-0.1, -0.05) is 18.2 Å². The number of hydrogen-bond acceptors (Lipinski definition) is 3. The summed E-state index contributed by atoms with van der Waals surface area (Å²) in [4.78, 5) is 22.2. The number of carboxylic acids is 1. The van der Waals surface area contributed by atoms with Crippen molar-refractivity contribution in [3.8, 4) is 0 Å². The van der Waals surface area contributed by atoms with Gasteiger partial charge in [-0.2, -0.15) is 13.2 Å². The van der Waals surface area contributed by atoms with Gasteiger partial charge in [0.15, 0.2) is 6.10 Å². The van der Waals surface area contributed by atoms with Crippen molar-refractivity contribution in [2.45, 2.75) is 18.7 Å². The molecule has 0 aliphatic rings. The summed E-state index contributed by atoms with van der Waals surface area (Å²) in [5.74, 6) is -1.82. The largest absolute Gasteiger partial charge is 0.479 e. The molecular formula is C13H14F3NO4. The van der Waals surface area contributed by atoms with Gasteiger partial charge >= 0.3 is 12.1 Å². The van der Waals surface area contributed by atoms with Gasteiger partial charge in [-0.05, 0) is 11.6 Å². The highest BCUT2D eigenvalue weighted by molar-refractivity contribution is 5.80. The lowest BCUT2D eigenvalue weighted by molar-refractivity contribution is -0.148. The van der Waals surface area contributed by atoms with E-state index in [9.17, 15) is 22.8 Å². The van der Waals surface area contributed by atoms with Gasteiger partial charge in [0.1, 0.15) is 0 Å². The van der Waals surface area contributed by atoms with E-state index >= 15 is 0 Å². The number of hydrogen-bond donors (Lipinski definition) is 2. The van der Waals surface area contributed by atoms with Crippen LogP contribution in [-0.4, -0.2) is 36.7 Å². The average molecular weight is 305 g/mol. The summed E-state index contributed by atoms with van der Waals surface area (Å²) in [5.41, 5.74) is -0.653. The summed E-state index contributed by atoms with van der Waals surface area (Å²) in [7, 11) is 1.18. The van der Waals surface area contributed by atoms with Gasteiger partial charge in [0.2, 0.25) is 5.91 Å². The molecule has 0 aromatic heterocycles. The average Bonchev–Trinajstić information content (AvgIpc) is 2.38. The van der Waals surface area contributed by atoms with Crippen LogP contribution in [0.3, 0.4) is 0 Å². The van der Waals surface area contributed by atoms with Crippen molar-refractivity contribution in [1.82, 2.24) is 5.32 Å². The maximum atomic E-state index is 12.5. The second-order valence-corrected chi connectivity index (χ2v) is 4.24. The van der Waals surface area contributed by atoms with E-state index in [-0.39, 0.29) is 18.5 Å². The number of carbonyl (C=O) groups excluding carboxylic acids is 1. The molecule has 1 amide bonds. The summed E-state index contributed by atoms with van der Waals surface area (Å²) in [6, 6.07) is 4.39. The third kappa shape index (κ3) is 5.42. The molecule has 0 aliphatic heterocycles. The minimum Gasteiger partial charge on any atom is -0.479 e. The molecule has 1 atom stereocenters. The summed E-state index contributed by atoms with van der Waals surface area (Å²) >= 11 is 0. The minimum atomic E-state index is -4.48. The lowest BCUT2D eigenvalue weighted by atomic mass is 10.1. The fourth-order valence-electron chi connectivity index (χ4n) is 1.58. The Hall–Kier alpha value is -2.09. The number of amides is 1. The van der Waals surface area contributed by atoms with Crippen LogP contribution in [0.5, 0.6) is 0 Å². The predicted molar refractivity (Wildman–Crippen MR) is 66.6 cm³/mol. The molecule has 1 aromatic rings. The first-order chi connectivity index (χ1) is 9.74. The molecule has 2 N–H and O–H groups in total. The topological polar surface area (TPSA) is 75.6 Å². The summed E-state index contributed by atoms with van der Waals surface area (Å²) < 4.78 is 42.1. The monoisotopic (exact) mass is 305 g/mol. The second-order valence-electron chi connectivity index (χ2n) is 4.24. The van der Waals surface area contributed by atoms with Gasteiger partial charge in [0.25, 0.3) is 0 Å². The van der Waals surface area contributed by atoms with E-state index in [1.54, 1.807) is 0 Å². The zero-order chi connectivity index (χ0) is 16.0. The molecular weight excluding hydrogens is 291 g/mol. The van der Waals surface area contributed by atoms with Crippen LogP contribution in [0.15, 0.2) is 24.3 Å². The molecule has 0 aliphatic carbocycles. The van der Waals surface area contributed by atoms with Crippen LogP contribution in [0.1, 0.15) is 11.1 Å². The van der Waals surface area contributed by atoms with E-state index in [4.69, 9.17) is 5.11 Å². The van der Waals surface area contributed by atoms with E-state index in [1.807, 2.05) is 0 Å². The number of rotatable bonds is 6. The number of halogens is 3. The number of methoxy groups -OCH3 is 1. The highest BCUT2D eigenvalue weighted by atomic mass is 19.4. The van der Waals surface area contributed by atoms with E-state index in [2.05, 4.69) is 10.1 Å². The van der Waals surface area contributed by atoms with E-state index in [1.165, 1.54) is 19.2 Å². The molecule has 0 radical (unpaired) electrons. The van der Waals surface area contributed by atoms with Crippen LogP contribution in [0.2, 0.25) is 0 Å². The van der Waals surface area contributed by atoms with Crippen molar-refractivity contribution in [3.05, 3.63) is 35.4 Å². The Bertz CT molecular complexity index is 516. The van der Waals surface area contributed by atoms with Crippen LogP contribution in [-0.2, 0) is 26.9 Å². The molecule has 0 spiro atoms. The summed E-state index contributed by atoms with van der Waals surface area (Å²) in [6.07, 6.45) is -5.95. The number of nitrogens with one attached hydrogen (secondary N) is 1. The molecule has 1 aromatic carbocycles. The van der Waals surface area contributed by atoms with Gasteiger partial charge in [-0.3, -0.25) is 4.79 Å². The number of alkyl halides is 3. The molecule has 0 saturated carbocycles. The molecule has 21 heavy (non-hydrogen) atoms. The Morgan fingerprint density at radius 2 is 2.05 bits per heavy atom. The Balaban J connectivity index is 2.61. The molecule has 0 bridgehead atoms. The van der Waals surface area contributed by atoms with Crippen LogP contribution in [0.4, 0.5) is 13.2 Å². The lowest BCUT2D eigenvalue weighted by Gasteiger charge is -2.12. The van der Waals surface area contributed by atoms with Crippen LogP contribution in [0.25, 0.3) is 0 Å². The quantitative estimate of drug-likeness (QED) is 0.834. The van der Waals surface area contributed by atoms with Gasteiger partial charge in [-0.15, -0.1) is 0 Å². The van der Waals surface area contributed by atoms with E-state index in [0.717, 1.165) is 12.1 Å². The second kappa shape index (κ2) is 7.07. The van der Waals surface area contributed by atoms with Gasteiger partial charge in [0, 0.05) is 7.11 Å². The molecule has 5 nitrogen and oxygen atoms in total. The minimum absolute atomic E-state index is 0.187. The standard InChI is InChI=1S/C13H14F3NO4/c1-21-10(12(19)20)7-17-11(18)6-8-3-2-4-9(5-8)13(14,15)16/h2-5,10H,6-7H2,1H3,(H,17,18)(H,19,20). The van der Waals surface area contributed by atoms with Crippen molar-refractivity contribution in [2.24, 2.45) is 0 Å². The zero-order valence-electron chi connectivity index (χ0n) is 11.1. The van der Waals surface area contributed by atoms with Gasteiger partial charge in [-0.25, -0.2) is 4.79 Å². The normalized spacial score (nSPS) is 12.8. The molecule has 0 saturated heterocycles. The Morgan fingerprint density at radius 3 is 2.57 bits per heavy atom. The van der Waals surface area contributed by atoms with E-state index < -0.39 is 29.7 Å². The first-order valence-corrected chi connectivity index (χ1v) is 5.92. The van der Waals surface area contributed by atoms with Crippen LogP contribution in [0, 0.1) is 0 Å². The van der Waals surface area contributed by atoms with Crippen molar-refractivity contribution in [1.29, 1.82) is 0 Å². The maximum absolute atomic E-state index is 12.5. The van der Waals surface area contributed by atoms with Crippen LogP contribution >= 0.6 is 0 Å². The van der Waals surface area contributed by atoms with Gasteiger partial charge < -0.3 is 15.2 Å². The van der Waals surface area contributed by atoms with Gasteiger partial charge in [0.05, 0.1) is 18.5 Å². The van der Waals surface area contributed by atoms with Crippen molar-refractivity contribution in [2.75, 3.05) is 13.7 Å². The molecule has 1 unspecified atom stereocenters. The third-order valence-corrected chi connectivity index (χ3v) is 2.66. The number of aliphatic carboxylic acids is 1. The zero-order valence-corrected chi connectivity index (χ0v) is 11.1. The number of carbonyl (C=O) groups is 2. The Labute approximate surface area is 118 Å². The molecule has 1 rings (SSSR count). The van der Waals surface area contributed by atoms with Crippen molar-refractivity contribution < 1.29 is 32.6 Å². The highest BCUT2D eigenvalue weighted by Gasteiger charge is 2.30. The summed E-state index contributed by atoms with van der Waals surface area (Å²) in [6.45, 7) is -0.260. The molecule has 8 heteroatoms. The summed E-state index contributed by atoms with van der Waals surface area (Å²) in [5, 5.41) is 11.0. The molecule has 0 fully saturated rings. The maximum Gasteiger partial charge on any atom is 0.416 e. The molecule has 116 valence electrons. The highest BCUT2D eigenvalue weighted by Crippen LogP contribution is 2.29. The fourth-order valence-corrected chi connectivity index (χ4v) is 1.58. The third-order valence-electron chi connectivity index (χ3n) is 2.66.